The number of aromatic amines is 1. The molecular weight excluding hydrogens is 385 g/mol. The predicted molar refractivity (Wildman–Crippen MR) is 115 cm³/mol. The Morgan fingerprint density at radius 3 is 2.73 bits per heavy atom. The molecule has 156 valence electrons. The molecule has 1 aliphatic heterocycles. The van der Waals surface area contributed by atoms with Crippen LogP contribution in [0.25, 0.3) is 10.9 Å². The van der Waals surface area contributed by atoms with E-state index in [-0.39, 0.29) is 5.91 Å². The van der Waals surface area contributed by atoms with Gasteiger partial charge in [-0.15, -0.1) is 0 Å². The average molecular weight is 409 g/mol. The van der Waals surface area contributed by atoms with Gasteiger partial charge in [0.05, 0.1) is 11.4 Å². The Hall–Kier alpha value is -3.39. The minimum Gasteiger partial charge on any atom is -0.367 e. The number of hydrogen-bond donors (Lipinski definition) is 4. The highest BCUT2D eigenvalue weighted by molar-refractivity contribution is 6.08. The van der Waals surface area contributed by atoms with Gasteiger partial charge in [-0.3, -0.25) is 9.59 Å². The monoisotopic (exact) mass is 409 g/mol. The van der Waals surface area contributed by atoms with E-state index in [9.17, 15) is 14.0 Å². The van der Waals surface area contributed by atoms with Crippen LogP contribution in [0.15, 0.2) is 48.7 Å². The summed E-state index contributed by atoms with van der Waals surface area (Å²) < 4.78 is 13.9. The van der Waals surface area contributed by atoms with E-state index in [4.69, 9.17) is 0 Å². The molecule has 0 spiro atoms. The minimum absolute atomic E-state index is 0.343. The Labute approximate surface area is 173 Å². The first kappa shape index (κ1) is 19.9. The average Bonchev–Trinajstić information content (AvgIpc) is 3.23. The number of benzene rings is 2. The molecule has 0 bridgehead atoms. The Balaban J connectivity index is 1.48. The summed E-state index contributed by atoms with van der Waals surface area (Å²) >= 11 is 0. The summed E-state index contributed by atoms with van der Waals surface area (Å²) in [5, 5.41) is 9.56. The zero-order chi connectivity index (χ0) is 21.1. The fourth-order valence-corrected chi connectivity index (χ4v) is 3.65. The Morgan fingerprint density at radius 2 is 1.93 bits per heavy atom. The predicted octanol–water partition coefficient (Wildman–Crippen LogP) is 2.47. The van der Waals surface area contributed by atoms with Crippen LogP contribution in [0.3, 0.4) is 0 Å². The van der Waals surface area contributed by atoms with Gasteiger partial charge >= 0.3 is 0 Å². The van der Waals surface area contributed by atoms with Crippen LogP contribution in [0, 0.1) is 5.82 Å². The molecule has 0 radical (unpaired) electrons. The van der Waals surface area contributed by atoms with Crippen molar-refractivity contribution >= 4 is 34.1 Å². The number of nitrogens with one attached hydrogen (secondary N) is 4. The standard InChI is InChI=1S/C22H24FN5O2/c1-14(26-22(30)17-3-2-4-18-16(17)7-8-25-18)21(29)27-19-13-15(23)5-6-20(19)28-11-9-24-10-12-28/h2-8,13-14,24-25H,9-12H2,1H3,(H,26,30)(H,27,29). The van der Waals surface area contributed by atoms with Crippen LogP contribution >= 0.6 is 0 Å². The number of fused-ring (bicyclic) bond motifs is 1. The molecule has 2 amide bonds. The number of piperazine rings is 1. The molecule has 3 aromatic rings. The van der Waals surface area contributed by atoms with E-state index in [0.717, 1.165) is 42.8 Å². The third-order valence-corrected chi connectivity index (χ3v) is 5.25. The van der Waals surface area contributed by atoms with Crippen LogP contribution in [-0.2, 0) is 4.79 Å². The first-order valence-electron chi connectivity index (χ1n) is 9.96. The maximum absolute atomic E-state index is 13.9. The van der Waals surface area contributed by atoms with Gasteiger partial charge in [-0.25, -0.2) is 4.39 Å². The summed E-state index contributed by atoms with van der Waals surface area (Å²) in [7, 11) is 0. The van der Waals surface area contributed by atoms with Crippen LogP contribution in [0.5, 0.6) is 0 Å². The summed E-state index contributed by atoms with van der Waals surface area (Å²) in [6.45, 7) is 4.78. The molecule has 0 aliphatic carbocycles. The second-order valence-corrected chi connectivity index (χ2v) is 7.33. The molecule has 4 rings (SSSR count). The number of hydrogen-bond acceptors (Lipinski definition) is 4. The third-order valence-electron chi connectivity index (χ3n) is 5.25. The SMILES string of the molecule is CC(NC(=O)c1cccc2[nH]ccc12)C(=O)Nc1cc(F)ccc1N1CCNCC1. The lowest BCUT2D eigenvalue weighted by Gasteiger charge is -2.31. The summed E-state index contributed by atoms with van der Waals surface area (Å²) in [4.78, 5) is 30.6. The first-order valence-corrected chi connectivity index (χ1v) is 9.96. The number of carbonyl (C=O) groups excluding carboxylic acids is 2. The molecule has 2 heterocycles. The van der Waals surface area contributed by atoms with Crippen molar-refractivity contribution in [1.82, 2.24) is 15.6 Å². The van der Waals surface area contributed by atoms with Crippen molar-refractivity contribution in [2.24, 2.45) is 0 Å². The molecule has 1 aliphatic rings. The number of halogens is 1. The molecule has 1 aromatic heterocycles. The van der Waals surface area contributed by atoms with Crippen LogP contribution < -0.4 is 20.9 Å². The van der Waals surface area contributed by atoms with Crippen LogP contribution in [0.1, 0.15) is 17.3 Å². The molecular formula is C22H24FN5O2. The van der Waals surface area contributed by atoms with E-state index in [2.05, 4.69) is 25.8 Å². The lowest BCUT2D eigenvalue weighted by molar-refractivity contribution is -0.117. The van der Waals surface area contributed by atoms with Crippen LogP contribution in [0.2, 0.25) is 0 Å². The number of carbonyl (C=O) groups is 2. The van der Waals surface area contributed by atoms with Gasteiger partial charge in [-0.2, -0.15) is 0 Å². The number of aromatic nitrogens is 1. The van der Waals surface area contributed by atoms with Crippen molar-refractivity contribution in [3.8, 4) is 0 Å². The number of H-pyrrole nitrogens is 1. The molecule has 30 heavy (non-hydrogen) atoms. The highest BCUT2D eigenvalue weighted by Crippen LogP contribution is 2.27. The van der Waals surface area contributed by atoms with E-state index in [1.165, 1.54) is 12.1 Å². The summed E-state index contributed by atoms with van der Waals surface area (Å²) in [6, 6.07) is 10.8. The smallest absolute Gasteiger partial charge is 0.252 e. The second-order valence-electron chi connectivity index (χ2n) is 7.33. The Bertz CT molecular complexity index is 1070. The lowest BCUT2D eigenvalue weighted by atomic mass is 10.1. The van der Waals surface area contributed by atoms with Crippen LogP contribution in [-0.4, -0.2) is 49.0 Å². The molecule has 4 N–H and O–H groups in total. The lowest BCUT2D eigenvalue weighted by Crippen LogP contribution is -2.44. The molecule has 1 unspecified atom stereocenters. The topological polar surface area (TPSA) is 89.3 Å². The Kier molecular flexibility index (Phi) is 5.67. The fourth-order valence-electron chi connectivity index (χ4n) is 3.65. The summed E-state index contributed by atoms with van der Waals surface area (Å²) in [5.74, 6) is -1.18. The summed E-state index contributed by atoms with van der Waals surface area (Å²) in [5.41, 5.74) is 2.50. The second kappa shape index (κ2) is 8.54. The van der Waals surface area contributed by atoms with Crippen LogP contribution in [0.4, 0.5) is 15.8 Å². The van der Waals surface area contributed by atoms with Crippen molar-refractivity contribution in [3.63, 3.8) is 0 Å². The number of nitrogens with zero attached hydrogens (tertiary/aromatic N) is 1. The molecule has 1 atom stereocenters. The zero-order valence-electron chi connectivity index (χ0n) is 16.7. The minimum atomic E-state index is -0.800. The highest BCUT2D eigenvalue weighted by Gasteiger charge is 2.21. The van der Waals surface area contributed by atoms with Crippen molar-refractivity contribution in [1.29, 1.82) is 0 Å². The molecule has 7 nitrogen and oxygen atoms in total. The molecule has 8 heteroatoms. The normalized spacial score (nSPS) is 15.1. The van der Waals surface area contributed by atoms with Gasteiger partial charge < -0.3 is 25.8 Å². The van der Waals surface area contributed by atoms with Gasteiger partial charge in [-0.05, 0) is 43.3 Å². The number of amides is 2. The van der Waals surface area contributed by atoms with Gasteiger partial charge in [0.25, 0.3) is 5.91 Å². The summed E-state index contributed by atoms with van der Waals surface area (Å²) in [6.07, 6.45) is 1.76. The van der Waals surface area contributed by atoms with Crippen molar-refractivity contribution < 1.29 is 14.0 Å². The first-order chi connectivity index (χ1) is 14.5. The number of rotatable bonds is 5. The van der Waals surface area contributed by atoms with Gasteiger partial charge in [-0.1, -0.05) is 6.07 Å². The van der Waals surface area contributed by atoms with E-state index in [1.807, 2.05) is 12.1 Å². The van der Waals surface area contributed by atoms with Gasteiger partial charge in [0.2, 0.25) is 5.91 Å². The molecule has 0 saturated carbocycles. The van der Waals surface area contributed by atoms with Gasteiger partial charge in [0.15, 0.2) is 0 Å². The fraction of sp³-hybridized carbons (Fsp3) is 0.273. The Morgan fingerprint density at radius 1 is 1.13 bits per heavy atom. The van der Waals surface area contributed by atoms with Crippen molar-refractivity contribution in [2.45, 2.75) is 13.0 Å². The molecule has 1 saturated heterocycles. The van der Waals surface area contributed by atoms with E-state index >= 15 is 0 Å². The van der Waals surface area contributed by atoms with Crippen molar-refractivity contribution in [2.75, 3.05) is 36.4 Å². The zero-order valence-corrected chi connectivity index (χ0v) is 16.7. The largest absolute Gasteiger partial charge is 0.367 e. The van der Waals surface area contributed by atoms with Gasteiger partial charge in [0.1, 0.15) is 11.9 Å². The maximum Gasteiger partial charge on any atom is 0.252 e. The maximum atomic E-state index is 13.9. The highest BCUT2D eigenvalue weighted by atomic mass is 19.1. The molecule has 2 aromatic carbocycles. The van der Waals surface area contributed by atoms with E-state index < -0.39 is 17.8 Å². The quantitative estimate of drug-likeness (QED) is 0.521. The third kappa shape index (κ3) is 4.13. The van der Waals surface area contributed by atoms with Crippen molar-refractivity contribution in [3.05, 3.63) is 60.0 Å². The van der Waals surface area contributed by atoms with E-state index in [0.29, 0.717) is 11.3 Å². The van der Waals surface area contributed by atoms with Gasteiger partial charge in [0, 0.05) is 48.8 Å². The number of anilines is 2. The van der Waals surface area contributed by atoms with E-state index in [1.54, 1.807) is 31.3 Å². The molecule has 1 fully saturated rings.